The number of nitrogens with one attached hydrogen (secondary N) is 1. The van der Waals surface area contributed by atoms with Crippen LogP contribution in [0.5, 0.6) is 5.75 Å². The number of hydrogen-bond acceptors (Lipinski definition) is 3. The van der Waals surface area contributed by atoms with Crippen molar-refractivity contribution >= 4 is 5.91 Å². The fourth-order valence-electron chi connectivity index (χ4n) is 1.78. The second kappa shape index (κ2) is 5.52. The van der Waals surface area contributed by atoms with E-state index in [1.807, 2.05) is 19.1 Å². The van der Waals surface area contributed by atoms with Gasteiger partial charge in [-0.05, 0) is 49.2 Å². The maximum Gasteiger partial charge on any atom is 0.251 e. The molecule has 0 radical (unpaired) electrons. The first kappa shape index (κ1) is 13.1. The van der Waals surface area contributed by atoms with Crippen LogP contribution in [0.4, 0.5) is 0 Å². The zero-order valence-electron chi connectivity index (χ0n) is 11.0. The number of phenolic OH excluding ortho intramolecular Hbond substituents is 1. The van der Waals surface area contributed by atoms with Crippen molar-refractivity contribution in [2.45, 2.75) is 20.4 Å². The lowest BCUT2D eigenvalue weighted by atomic mass is 10.1. The molecule has 19 heavy (non-hydrogen) atoms. The van der Waals surface area contributed by atoms with Gasteiger partial charge in [-0.15, -0.1) is 0 Å². The van der Waals surface area contributed by atoms with E-state index < -0.39 is 0 Å². The molecule has 4 heteroatoms. The number of rotatable bonds is 3. The maximum atomic E-state index is 12.0. The summed E-state index contributed by atoms with van der Waals surface area (Å²) in [7, 11) is 0. The molecule has 0 aliphatic carbocycles. The lowest BCUT2D eigenvalue weighted by molar-refractivity contribution is 0.0950. The molecule has 98 valence electrons. The van der Waals surface area contributed by atoms with E-state index in [2.05, 4.69) is 10.3 Å². The van der Waals surface area contributed by atoms with Crippen molar-refractivity contribution in [3.05, 3.63) is 58.9 Å². The van der Waals surface area contributed by atoms with Crippen LogP contribution in [0.1, 0.15) is 27.2 Å². The summed E-state index contributed by atoms with van der Waals surface area (Å²) in [5.41, 5.74) is 3.22. The molecule has 2 rings (SSSR count). The van der Waals surface area contributed by atoms with Crippen molar-refractivity contribution in [3.63, 3.8) is 0 Å². The number of phenols is 1. The molecule has 0 unspecified atom stereocenters. The Morgan fingerprint density at radius 1 is 1.26 bits per heavy atom. The maximum absolute atomic E-state index is 12.0. The van der Waals surface area contributed by atoms with Crippen molar-refractivity contribution in [1.29, 1.82) is 0 Å². The second-order valence-corrected chi connectivity index (χ2v) is 4.49. The van der Waals surface area contributed by atoms with Crippen molar-refractivity contribution in [3.8, 4) is 5.75 Å². The Hall–Kier alpha value is -2.36. The number of aromatic nitrogens is 1. The number of pyridine rings is 1. The normalized spacial score (nSPS) is 10.2. The highest BCUT2D eigenvalue weighted by molar-refractivity contribution is 5.95. The van der Waals surface area contributed by atoms with Gasteiger partial charge < -0.3 is 10.4 Å². The molecule has 0 bridgehead atoms. The number of amides is 1. The molecule has 0 atom stereocenters. The average Bonchev–Trinajstić information content (AvgIpc) is 2.37. The molecule has 0 saturated heterocycles. The molecule has 1 aromatic carbocycles. The molecule has 1 heterocycles. The minimum Gasteiger partial charge on any atom is -0.508 e. The highest BCUT2D eigenvalue weighted by atomic mass is 16.3. The topological polar surface area (TPSA) is 62.2 Å². The van der Waals surface area contributed by atoms with Crippen LogP contribution in [0, 0.1) is 13.8 Å². The van der Waals surface area contributed by atoms with Gasteiger partial charge in [0.2, 0.25) is 0 Å². The van der Waals surface area contributed by atoms with Crippen LogP contribution in [0.3, 0.4) is 0 Å². The Balaban J connectivity index is 2.03. The molecule has 1 aromatic heterocycles. The molecule has 0 fully saturated rings. The molecule has 2 N–H and O–H groups in total. The van der Waals surface area contributed by atoms with Crippen LogP contribution in [-0.4, -0.2) is 16.0 Å². The average molecular weight is 256 g/mol. The number of aryl methyl sites for hydroxylation is 2. The number of carbonyl (C=O) groups excluding carboxylic acids is 1. The fraction of sp³-hybridized carbons (Fsp3) is 0.200. The summed E-state index contributed by atoms with van der Waals surface area (Å²) in [6.07, 6.45) is 1.75. The summed E-state index contributed by atoms with van der Waals surface area (Å²) in [6, 6.07) is 8.55. The smallest absolute Gasteiger partial charge is 0.251 e. The highest BCUT2D eigenvalue weighted by Gasteiger charge is 2.08. The first-order valence-corrected chi connectivity index (χ1v) is 6.05. The van der Waals surface area contributed by atoms with E-state index in [4.69, 9.17) is 0 Å². The molecule has 0 saturated carbocycles. The van der Waals surface area contributed by atoms with Crippen molar-refractivity contribution in [1.82, 2.24) is 10.3 Å². The lowest BCUT2D eigenvalue weighted by Crippen LogP contribution is -2.23. The van der Waals surface area contributed by atoms with Gasteiger partial charge >= 0.3 is 0 Å². The van der Waals surface area contributed by atoms with E-state index >= 15 is 0 Å². The largest absolute Gasteiger partial charge is 0.508 e. The molecule has 0 aliphatic heterocycles. The molecule has 0 spiro atoms. The predicted molar refractivity (Wildman–Crippen MR) is 73.0 cm³/mol. The van der Waals surface area contributed by atoms with Crippen LogP contribution >= 0.6 is 0 Å². The summed E-state index contributed by atoms with van der Waals surface area (Å²) in [4.78, 5) is 16.2. The summed E-state index contributed by atoms with van der Waals surface area (Å²) in [6.45, 7) is 4.15. The molecule has 2 aromatic rings. The summed E-state index contributed by atoms with van der Waals surface area (Å²) in [5.74, 6) is 0.00913. The van der Waals surface area contributed by atoms with Gasteiger partial charge in [-0.2, -0.15) is 0 Å². The van der Waals surface area contributed by atoms with E-state index in [0.29, 0.717) is 12.1 Å². The Morgan fingerprint density at radius 3 is 2.68 bits per heavy atom. The van der Waals surface area contributed by atoms with Gasteiger partial charge in [-0.25, -0.2) is 0 Å². The molecule has 1 amide bonds. The van der Waals surface area contributed by atoms with Gasteiger partial charge in [-0.3, -0.25) is 9.78 Å². The van der Waals surface area contributed by atoms with Crippen LogP contribution < -0.4 is 5.32 Å². The second-order valence-electron chi connectivity index (χ2n) is 4.49. The minimum absolute atomic E-state index is 0.155. The lowest BCUT2D eigenvalue weighted by Gasteiger charge is -2.08. The van der Waals surface area contributed by atoms with Crippen molar-refractivity contribution < 1.29 is 9.90 Å². The Morgan fingerprint density at radius 2 is 2.05 bits per heavy atom. The third-order valence-corrected chi connectivity index (χ3v) is 2.88. The minimum atomic E-state index is -0.155. The summed E-state index contributed by atoms with van der Waals surface area (Å²) >= 11 is 0. The molecule has 4 nitrogen and oxygen atoms in total. The van der Waals surface area contributed by atoms with Crippen molar-refractivity contribution in [2.24, 2.45) is 0 Å². The van der Waals surface area contributed by atoms with E-state index in [1.54, 1.807) is 25.3 Å². The van der Waals surface area contributed by atoms with Gasteiger partial charge in [0.1, 0.15) is 5.75 Å². The number of carbonyl (C=O) groups is 1. The Bertz CT molecular complexity index is 592. The molecular formula is C15H16N2O2. The first-order valence-electron chi connectivity index (χ1n) is 6.05. The van der Waals surface area contributed by atoms with Gasteiger partial charge in [0.15, 0.2) is 0 Å². The van der Waals surface area contributed by atoms with E-state index in [0.717, 1.165) is 16.8 Å². The third kappa shape index (κ3) is 3.31. The number of benzene rings is 1. The zero-order chi connectivity index (χ0) is 13.8. The molecular weight excluding hydrogens is 240 g/mol. The number of nitrogens with zero attached hydrogens (tertiary/aromatic N) is 1. The summed E-state index contributed by atoms with van der Waals surface area (Å²) < 4.78 is 0. The molecule has 0 aliphatic rings. The Kier molecular flexibility index (Phi) is 3.80. The SMILES string of the molecule is Cc1ccc(CNC(=O)c2ccc(O)cc2C)cn1. The monoisotopic (exact) mass is 256 g/mol. The highest BCUT2D eigenvalue weighted by Crippen LogP contribution is 2.15. The fourth-order valence-corrected chi connectivity index (χ4v) is 1.78. The first-order chi connectivity index (χ1) is 9.06. The van der Waals surface area contributed by atoms with E-state index in [9.17, 15) is 9.90 Å². The van der Waals surface area contributed by atoms with Gasteiger partial charge in [0.25, 0.3) is 5.91 Å². The summed E-state index contributed by atoms with van der Waals surface area (Å²) in [5, 5.41) is 12.1. The third-order valence-electron chi connectivity index (χ3n) is 2.88. The van der Waals surface area contributed by atoms with Gasteiger partial charge in [0, 0.05) is 24.0 Å². The Labute approximate surface area is 112 Å². The van der Waals surface area contributed by atoms with Gasteiger partial charge in [0.05, 0.1) is 0 Å². The number of aromatic hydroxyl groups is 1. The standard InChI is InChI=1S/C15H16N2O2/c1-10-7-13(18)5-6-14(10)15(19)17-9-12-4-3-11(2)16-8-12/h3-8,18H,9H2,1-2H3,(H,17,19). The van der Waals surface area contributed by atoms with Crippen LogP contribution in [0.25, 0.3) is 0 Å². The number of hydrogen-bond donors (Lipinski definition) is 2. The zero-order valence-corrected chi connectivity index (χ0v) is 11.0. The quantitative estimate of drug-likeness (QED) is 0.886. The van der Waals surface area contributed by atoms with Crippen LogP contribution in [0.2, 0.25) is 0 Å². The van der Waals surface area contributed by atoms with Crippen molar-refractivity contribution in [2.75, 3.05) is 0 Å². The van der Waals surface area contributed by atoms with Crippen LogP contribution in [-0.2, 0) is 6.54 Å². The van der Waals surface area contributed by atoms with E-state index in [-0.39, 0.29) is 11.7 Å². The van der Waals surface area contributed by atoms with Crippen LogP contribution in [0.15, 0.2) is 36.5 Å². The van der Waals surface area contributed by atoms with E-state index in [1.165, 1.54) is 6.07 Å². The van der Waals surface area contributed by atoms with Gasteiger partial charge in [-0.1, -0.05) is 6.07 Å². The predicted octanol–water partition coefficient (Wildman–Crippen LogP) is 2.33.